The molecule has 1 atom stereocenters. The maximum absolute atomic E-state index is 13.0. The number of ether oxygens (including phenoxy) is 1. The van der Waals surface area contributed by atoms with Gasteiger partial charge in [0.1, 0.15) is 0 Å². The van der Waals surface area contributed by atoms with Crippen LogP contribution in [0.3, 0.4) is 0 Å². The van der Waals surface area contributed by atoms with E-state index in [-0.39, 0.29) is 11.4 Å². The van der Waals surface area contributed by atoms with Gasteiger partial charge in [-0.15, -0.1) is 0 Å². The minimum absolute atomic E-state index is 0.101. The van der Waals surface area contributed by atoms with Crippen LogP contribution in [0.25, 0.3) is 0 Å². The van der Waals surface area contributed by atoms with Gasteiger partial charge in [-0.1, -0.05) is 49.6 Å². The van der Waals surface area contributed by atoms with Gasteiger partial charge in [-0.3, -0.25) is 9.48 Å². The smallest absolute Gasteiger partial charge is 0.254 e. The molecular weight excluding hydrogens is 302 g/mol. The molecule has 1 aliphatic rings. The summed E-state index contributed by atoms with van der Waals surface area (Å²) in [4.78, 5) is 13.0. The predicted octanol–water partition coefficient (Wildman–Crippen LogP) is 3.08. The van der Waals surface area contributed by atoms with Gasteiger partial charge in [-0.2, -0.15) is 5.10 Å². The quantitative estimate of drug-likeness (QED) is 0.918. The summed E-state index contributed by atoms with van der Waals surface area (Å²) in [5.41, 5.74) is 1.66. The predicted molar refractivity (Wildman–Crippen MR) is 92.3 cm³/mol. The number of amides is 1. The Kier molecular flexibility index (Phi) is 5.00. The number of hydrogen-bond acceptors (Lipinski definition) is 3. The zero-order chi connectivity index (χ0) is 17.0. The molecule has 0 aliphatic heterocycles. The molecule has 128 valence electrons. The van der Waals surface area contributed by atoms with Crippen LogP contribution in [0.5, 0.6) is 0 Å². The second-order valence-corrected chi connectivity index (χ2v) is 6.56. The summed E-state index contributed by atoms with van der Waals surface area (Å²) in [6.45, 7) is 0. The summed E-state index contributed by atoms with van der Waals surface area (Å²) in [5.74, 6) is -0.101. The molecule has 1 fully saturated rings. The number of nitrogens with one attached hydrogen (secondary N) is 1. The van der Waals surface area contributed by atoms with Crippen molar-refractivity contribution in [2.45, 2.75) is 43.7 Å². The van der Waals surface area contributed by atoms with Crippen molar-refractivity contribution in [1.82, 2.24) is 15.1 Å². The highest BCUT2D eigenvalue weighted by Crippen LogP contribution is 2.37. The standard InChI is InChI=1S/C19H25N3O2/c1-22-14-15(13-20-22)17(24-2)18(23)21-19(11-7-4-8-12-19)16-9-5-3-6-10-16/h3,5-6,9-10,13-14,17H,4,7-8,11-12H2,1-2H3,(H,21,23)/t17-/m1/s1. The van der Waals surface area contributed by atoms with Crippen LogP contribution < -0.4 is 5.32 Å². The van der Waals surface area contributed by atoms with E-state index < -0.39 is 6.10 Å². The van der Waals surface area contributed by atoms with E-state index in [1.807, 2.05) is 31.4 Å². The maximum Gasteiger partial charge on any atom is 0.254 e. The van der Waals surface area contributed by atoms with E-state index in [0.717, 1.165) is 31.2 Å². The SMILES string of the molecule is CO[C@@H](C(=O)NC1(c2ccccc2)CCCCC1)c1cnn(C)c1. The van der Waals surface area contributed by atoms with Gasteiger partial charge in [0, 0.05) is 25.9 Å². The second kappa shape index (κ2) is 7.18. The monoisotopic (exact) mass is 327 g/mol. The third-order valence-electron chi connectivity index (χ3n) is 4.90. The van der Waals surface area contributed by atoms with E-state index in [1.165, 1.54) is 12.0 Å². The van der Waals surface area contributed by atoms with Gasteiger partial charge in [0.2, 0.25) is 0 Å². The molecule has 1 heterocycles. The van der Waals surface area contributed by atoms with Crippen LogP contribution in [-0.2, 0) is 22.1 Å². The number of carbonyl (C=O) groups excluding carboxylic acids is 1. The largest absolute Gasteiger partial charge is 0.367 e. The van der Waals surface area contributed by atoms with Crippen molar-refractivity contribution in [3.63, 3.8) is 0 Å². The molecular formula is C19H25N3O2. The Hall–Kier alpha value is -2.14. The molecule has 0 saturated heterocycles. The lowest BCUT2D eigenvalue weighted by molar-refractivity contribution is -0.134. The van der Waals surface area contributed by atoms with Crippen LogP contribution in [0, 0.1) is 0 Å². The summed E-state index contributed by atoms with van der Waals surface area (Å²) >= 11 is 0. The minimum atomic E-state index is -0.638. The summed E-state index contributed by atoms with van der Waals surface area (Å²) in [6, 6.07) is 10.3. The number of methoxy groups -OCH3 is 1. The van der Waals surface area contributed by atoms with Gasteiger partial charge >= 0.3 is 0 Å². The third-order valence-corrected chi connectivity index (χ3v) is 4.90. The molecule has 1 aromatic heterocycles. The molecule has 1 saturated carbocycles. The fourth-order valence-corrected chi connectivity index (χ4v) is 3.67. The first-order valence-electron chi connectivity index (χ1n) is 8.53. The fraction of sp³-hybridized carbons (Fsp3) is 0.474. The van der Waals surface area contributed by atoms with E-state index in [0.29, 0.717) is 0 Å². The molecule has 2 aromatic rings. The van der Waals surface area contributed by atoms with Crippen molar-refractivity contribution < 1.29 is 9.53 Å². The number of benzene rings is 1. The van der Waals surface area contributed by atoms with E-state index in [2.05, 4.69) is 22.5 Å². The molecule has 3 rings (SSSR count). The lowest BCUT2D eigenvalue weighted by atomic mass is 9.76. The second-order valence-electron chi connectivity index (χ2n) is 6.56. The molecule has 1 N–H and O–H groups in total. The van der Waals surface area contributed by atoms with Crippen molar-refractivity contribution in [3.8, 4) is 0 Å². The number of hydrogen-bond donors (Lipinski definition) is 1. The first-order chi connectivity index (χ1) is 11.6. The van der Waals surface area contributed by atoms with Crippen LogP contribution in [0.2, 0.25) is 0 Å². The van der Waals surface area contributed by atoms with E-state index in [1.54, 1.807) is 18.0 Å². The Morgan fingerprint density at radius 3 is 2.54 bits per heavy atom. The van der Waals surface area contributed by atoms with Gasteiger partial charge < -0.3 is 10.1 Å². The Balaban J connectivity index is 1.85. The van der Waals surface area contributed by atoms with Crippen molar-refractivity contribution in [2.24, 2.45) is 7.05 Å². The van der Waals surface area contributed by atoms with Crippen molar-refractivity contribution in [3.05, 3.63) is 53.9 Å². The van der Waals surface area contributed by atoms with Crippen molar-refractivity contribution >= 4 is 5.91 Å². The summed E-state index contributed by atoms with van der Waals surface area (Å²) in [5, 5.41) is 7.45. The normalized spacial score (nSPS) is 18.1. The number of nitrogens with zero attached hydrogens (tertiary/aromatic N) is 2. The molecule has 1 aliphatic carbocycles. The highest BCUT2D eigenvalue weighted by molar-refractivity contribution is 5.83. The Bertz CT molecular complexity index is 675. The molecule has 5 nitrogen and oxygen atoms in total. The van der Waals surface area contributed by atoms with Crippen molar-refractivity contribution in [1.29, 1.82) is 0 Å². The lowest BCUT2D eigenvalue weighted by Gasteiger charge is -2.39. The van der Waals surface area contributed by atoms with Gasteiger partial charge in [0.05, 0.1) is 11.7 Å². The number of aromatic nitrogens is 2. The Labute approximate surface area is 143 Å². The van der Waals surface area contributed by atoms with E-state index in [4.69, 9.17) is 4.74 Å². The molecule has 0 radical (unpaired) electrons. The molecule has 5 heteroatoms. The highest BCUT2D eigenvalue weighted by atomic mass is 16.5. The first-order valence-corrected chi connectivity index (χ1v) is 8.53. The third kappa shape index (κ3) is 3.36. The average molecular weight is 327 g/mol. The van der Waals surface area contributed by atoms with E-state index in [9.17, 15) is 4.79 Å². The van der Waals surface area contributed by atoms with Gasteiger partial charge in [-0.25, -0.2) is 0 Å². The Morgan fingerprint density at radius 1 is 1.25 bits per heavy atom. The van der Waals surface area contributed by atoms with E-state index >= 15 is 0 Å². The highest BCUT2D eigenvalue weighted by Gasteiger charge is 2.37. The van der Waals surface area contributed by atoms with Crippen LogP contribution in [0.1, 0.15) is 49.3 Å². The van der Waals surface area contributed by atoms with Crippen LogP contribution >= 0.6 is 0 Å². The first kappa shape index (κ1) is 16.7. The molecule has 1 amide bonds. The summed E-state index contributed by atoms with van der Waals surface area (Å²) in [7, 11) is 3.40. The molecule has 0 bridgehead atoms. The zero-order valence-corrected chi connectivity index (χ0v) is 14.4. The van der Waals surface area contributed by atoms with Gasteiger partial charge in [0.15, 0.2) is 6.10 Å². The van der Waals surface area contributed by atoms with Crippen LogP contribution in [0.4, 0.5) is 0 Å². The van der Waals surface area contributed by atoms with Crippen molar-refractivity contribution in [2.75, 3.05) is 7.11 Å². The topological polar surface area (TPSA) is 56.1 Å². The van der Waals surface area contributed by atoms with Crippen LogP contribution in [-0.4, -0.2) is 22.8 Å². The molecule has 24 heavy (non-hydrogen) atoms. The van der Waals surface area contributed by atoms with Crippen LogP contribution in [0.15, 0.2) is 42.7 Å². The van der Waals surface area contributed by atoms with Gasteiger partial charge in [0.25, 0.3) is 5.91 Å². The lowest BCUT2D eigenvalue weighted by Crippen LogP contribution is -2.49. The fourth-order valence-electron chi connectivity index (χ4n) is 3.67. The average Bonchev–Trinajstić information content (AvgIpc) is 3.03. The number of rotatable bonds is 5. The minimum Gasteiger partial charge on any atom is -0.367 e. The van der Waals surface area contributed by atoms with Gasteiger partial charge in [-0.05, 0) is 18.4 Å². The summed E-state index contributed by atoms with van der Waals surface area (Å²) < 4.78 is 7.15. The molecule has 0 spiro atoms. The molecule has 0 unspecified atom stereocenters. The number of aryl methyl sites for hydroxylation is 1. The number of carbonyl (C=O) groups is 1. The maximum atomic E-state index is 13.0. The summed E-state index contributed by atoms with van der Waals surface area (Å²) in [6.07, 6.45) is 8.27. The molecule has 1 aromatic carbocycles. The zero-order valence-electron chi connectivity index (χ0n) is 14.4. The Morgan fingerprint density at radius 2 is 1.96 bits per heavy atom.